The Morgan fingerprint density at radius 1 is 1.26 bits per heavy atom. The maximum atomic E-state index is 13.6. The standard InChI is InChI=1S/C21H16FN3O4S2/c1-29-17-6-5-14(22)8-15(17)16-10-30-20(23-16)24-19(27)13-4-2-3-12(7-13)9-25-18(26)11-31-21(25)28/h2-8,10H,9,11H2,1H3,(H,23,24,27). The number of imide groups is 1. The van der Waals surface area contributed by atoms with Crippen LogP contribution in [0, 0.1) is 5.82 Å². The van der Waals surface area contributed by atoms with E-state index in [1.54, 1.807) is 29.6 Å². The highest BCUT2D eigenvalue weighted by atomic mass is 32.2. The Morgan fingerprint density at radius 2 is 2.10 bits per heavy atom. The number of halogens is 1. The minimum Gasteiger partial charge on any atom is -0.496 e. The molecule has 158 valence electrons. The molecule has 0 bridgehead atoms. The van der Waals surface area contributed by atoms with Crippen LogP contribution in [0.5, 0.6) is 5.75 Å². The highest BCUT2D eigenvalue weighted by Gasteiger charge is 2.29. The fourth-order valence-corrected chi connectivity index (χ4v) is 4.46. The number of hydrogen-bond acceptors (Lipinski definition) is 7. The molecule has 1 aromatic heterocycles. The summed E-state index contributed by atoms with van der Waals surface area (Å²) in [4.78, 5) is 41.8. The van der Waals surface area contributed by atoms with E-state index in [2.05, 4.69) is 10.3 Å². The summed E-state index contributed by atoms with van der Waals surface area (Å²) in [5, 5.41) is 4.48. The van der Waals surface area contributed by atoms with Crippen molar-refractivity contribution in [3.05, 3.63) is 64.8 Å². The molecule has 1 saturated heterocycles. The molecule has 1 aliphatic heterocycles. The number of nitrogens with zero attached hydrogens (tertiary/aromatic N) is 2. The van der Waals surface area contributed by atoms with Gasteiger partial charge in [-0.3, -0.25) is 24.6 Å². The van der Waals surface area contributed by atoms with Crippen molar-refractivity contribution in [1.82, 2.24) is 9.88 Å². The molecule has 1 fully saturated rings. The van der Waals surface area contributed by atoms with Crippen molar-refractivity contribution < 1.29 is 23.5 Å². The van der Waals surface area contributed by atoms with Crippen molar-refractivity contribution in [1.29, 1.82) is 0 Å². The van der Waals surface area contributed by atoms with Crippen LogP contribution in [-0.4, -0.2) is 39.8 Å². The van der Waals surface area contributed by atoms with Gasteiger partial charge in [-0.1, -0.05) is 23.9 Å². The largest absolute Gasteiger partial charge is 0.496 e. The monoisotopic (exact) mass is 457 g/mol. The number of nitrogens with one attached hydrogen (secondary N) is 1. The first-order chi connectivity index (χ1) is 14.9. The van der Waals surface area contributed by atoms with Crippen LogP contribution in [0.25, 0.3) is 11.3 Å². The Balaban J connectivity index is 1.49. The van der Waals surface area contributed by atoms with Gasteiger partial charge in [0.05, 0.1) is 25.1 Å². The van der Waals surface area contributed by atoms with E-state index >= 15 is 0 Å². The molecule has 0 unspecified atom stereocenters. The SMILES string of the molecule is COc1ccc(F)cc1-c1csc(NC(=O)c2cccc(CN3C(=O)CSC3=O)c2)n1. The molecular formula is C21H16FN3O4S2. The highest BCUT2D eigenvalue weighted by Crippen LogP contribution is 2.33. The summed E-state index contributed by atoms with van der Waals surface area (Å²) in [5.74, 6) is -0.432. The molecule has 31 heavy (non-hydrogen) atoms. The molecule has 2 aromatic carbocycles. The quantitative estimate of drug-likeness (QED) is 0.590. The average Bonchev–Trinajstić information content (AvgIpc) is 3.35. The van der Waals surface area contributed by atoms with Gasteiger partial charge in [-0.15, -0.1) is 11.3 Å². The van der Waals surface area contributed by atoms with Crippen LogP contribution in [0.2, 0.25) is 0 Å². The predicted octanol–water partition coefficient (Wildman–Crippen LogP) is 4.41. The molecule has 0 aliphatic carbocycles. The third-order valence-corrected chi connectivity index (χ3v) is 6.15. The number of rotatable bonds is 6. The van der Waals surface area contributed by atoms with E-state index in [1.165, 1.54) is 41.5 Å². The van der Waals surface area contributed by atoms with Gasteiger partial charge < -0.3 is 4.74 Å². The van der Waals surface area contributed by atoms with E-state index in [-0.39, 0.29) is 29.4 Å². The Hall–Kier alpha value is -3.24. The van der Waals surface area contributed by atoms with E-state index in [0.29, 0.717) is 33.3 Å². The van der Waals surface area contributed by atoms with Gasteiger partial charge in [0.25, 0.3) is 11.1 Å². The Morgan fingerprint density at radius 3 is 2.84 bits per heavy atom. The highest BCUT2D eigenvalue weighted by molar-refractivity contribution is 8.14. The molecule has 0 radical (unpaired) electrons. The molecule has 7 nitrogen and oxygen atoms in total. The van der Waals surface area contributed by atoms with Crippen LogP contribution in [0.3, 0.4) is 0 Å². The Labute approximate surface area is 185 Å². The number of ether oxygens (including phenoxy) is 1. The number of thiazole rings is 1. The number of methoxy groups -OCH3 is 1. The lowest BCUT2D eigenvalue weighted by Gasteiger charge is -2.13. The van der Waals surface area contributed by atoms with Crippen LogP contribution in [-0.2, 0) is 11.3 Å². The lowest BCUT2D eigenvalue weighted by molar-refractivity contribution is -0.125. The number of aromatic nitrogens is 1. The molecular weight excluding hydrogens is 441 g/mol. The number of carbonyl (C=O) groups is 3. The van der Waals surface area contributed by atoms with Crippen LogP contribution in [0.15, 0.2) is 47.8 Å². The van der Waals surface area contributed by atoms with E-state index in [0.717, 1.165) is 11.8 Å². The summed E-state index contributed by atoms with van der Waals surface area (Å²) in [6.07, 6.45) is 0. The van der Waals surface area contributed by atoms with Crippen molar-refractivity contribution in [3.63, 3.8) is 0 Å². The van der Waals surface area contributed by atoms with E-state index < -0.39 is 5.82 Å². The van der Waals surface area contributed by atoms with Crippen molar-refractivity contribution in [3.8, 4) is 17.0 Å². The maximum absolute atomic E-state index is 13.6. The fourth-order valence-electron chi connectivity index (χ4n) is 3.03. The van der Waals surface area contributed by atoms with E-state index in [9.17, 15) is 18.8 Å². The van der Waals surface area contributed by atoms with E-state index in [4.69, 9.17) is 4.74 Å². The summed E-state index contributed by atoms with van der Waals surface area (Å²) >= 11 is 2.17. The number of carbonyl (C=O) groups excluding carboxylic acids is 3. The first-order valence-corrected chi connectivity index (χ1v) is 11.0. The minimum atomic E-state index is -0.417. The van der Waals surface area contributed by atoms with Gasteiger partial charge in [0.15, 0.2) is 5.13 Å². The zero-order valence-corrected chi connectivity index (χ0v) is 17.9. The molecule has 1 aliphatic rings. The molecule has 10 heteroatoms. The van der Waals surface area contributed by atoms with Crippen molar-refractivity contribution in [2.45, 2.75) is 6.54 Å². The van der Waals surface area contributed by atoms with Gasteiger partial charge >= 0.3 is 0 Å². The third-order valence-electron chi connectivity index (χ3n) is 4.53. The Bertz CT molecular complexity index is 1160. The maximum Gasteiger partial charge on any atom is 0.289 e. The molecule has 0 spiro atoms. The number of amides is 3. The van der Waals surface area contributed by atoms with Crippen LogP contribution in [0.1, 0.15) is 15.9 Å². The molecule has 3 amide bonds. The Kier molecular flexibility index (Phi) is 6.01. The number of anilines is 1. The molecule has 0 saturated carbocycles. The number of thioether (sulfide) groups is 1. The second kappa shape index (κ2) is 8.86. The van der Waals surface area contributed by atoms with Crippen LogP contribution in [0.4, 0.5) is 14.3 Å². The van der Waals surface area contributed by atoms with Crippen LogP contribution < -0.4 is 10.1 Å². The number of hydrogen-bond donors (Lipinski definition) is 1. The van der Waals surface area contributed by atoms with Gasteiger partial charge in [0, 0.05) is 16.5 Å². The molecule has 3 aromatic rings. The van der Waals surface area contributed by atoms with Crippen molar-refractivity contribution in [2.75, 3.05) is 18.2 Å². The number of benzene rings is 2. The van der Waals surface area contributed by atoms with Gasteiger partial charge in [-0.25, -0.2) is 9.37 Å². The lowest BCUT2D eigenvalue weighted by Crippen LogP contribution is -2.28. The predicted molar refractivity (Wildman–Crippen MR) is 117 cm³/mol. The topological polar surface area (TPSA) is 88.6 Å². The first kappa shape index (κ1) is 21.0. The van der Waals surface area contributed by atoms with Gasteiger partial charge in [0.2, 0.25) is 5.91 Å². The zero-order chi connectivity index (χ0) is 22.0. The summed E-state index contributed by atoms with van der Waals surface area (Å²) in [5.41, 5.74) is 2.00. The second-order valence-corrected chi connectivity index (χ2v) is 8.36. The normalized spacial score (nSPS) is 13.5. The zero-order valence-electron chi connectivity index (χ0n) is 16.3. The smallest absolute Gasteiger partial charge is 0.289 e. The van der Waals surface area contributed by atoms with E-state index in [1.807, 2.05) is 0 Å². The lowest BCUT2D eigenvalue weighted by atomic mass is 10.1. The molecule has 1 N–H and O–H groups in total. The van der Waals surface area contributed by atoms with Gasteiger partial charge in [0.1, 0.15) is 11.6 Å². The molecule has 0 atom stereocenters. The molecule has 2 heterocycles. The fraction of sp³-hybridized carbons (Fsp3) is 0.143. The summed E-state index contributed by atoms with van der Waals surface area (Å²) in [7, 11) is 1.49. The molecule has 4 rings (SSSR count). The van der Waals surface area contributed by atoms with Crippen molar-refractivity contribution >= 4 is 45.3 Å². The van der Waals surface area contributed by atoms with Crippen LogP contribution >= 0.6 is 23.1 Å². The summed E-state index contributed by atoms with van der Waals surface area (Å²) in [6, 6.07) is 10.8. The first-order valence-electron chi connectivity index (χ1n) is 9.11. The minimum absolute atomic E-state index is 0.118. The summed E-state index contributed by atoms with van der Waals surface area (Å²) in [6.45, 7) is 0.118. The third kappa shape index (κ3) is 4.59. The van der Waals surface area contributed by atoms with Gasteiger partial charge in [-0.05, 0) is 35.9 Å². The van der Waals surface area contributed by atoms with Gasteiger partial charge in [-0.2, -0.15) is 0 Å². The van der Waals surface area contributed by atoms with Crippen molar-refractivity contribution in [2.24, 2.45) is 0 Å². The second-order valence-electron chi connectivity index (χ2n) is 6.57. The summed E-state index contributed by atoms with van der Waals surface area (Å²) < 4.78 is 18.9. The average molecular weight is 458 g/mol.